The van der Waals surface area contributed by atoms with E-state index in [1.54, 1.807) is 17.9 Å². The molecule has 0 spiro atoms. The van der Waals surface area contributed by atoms with Crippen LogP contribution in [0.25, 0.3) is 11.2 Å². The lowest BCUT2D eigenvalue weighted by Crippen LogP contribution is -1.94. The Bertz CT molecular complexity index is 368. The van der Waals surface area contributed by atoms with Gasteiger partial charge in [0.25, 0.3) is 0 Å². The Morgan fingerprint density at radius 2 is 2.36 bits per heavy atom. The van der Waals surface area contributed by atoms with Gasteiger partial charge < -0.3 is 9.30 Å². The van der Waals surface area contributed by atoms with Gasteiger partial charge in [0.1, 0.15) is 0 Å². The maximum Gasteiger partial charge on any atom is 0.155 e. The van der Waals surface area contributed by atoms with Crippen molar-refractivity contribution in [3.05, 3.63) is 30.4 Å². The molecule has 0 saturated carbocycles. The highest BCUT2D eigenvalue weighted by atomic mass is 35.5. The third kappa shape index (κ3) is 1.89. The molecule has 3 nitrogen and oxygen atoms in total. The first-order chi connectivity index (χ1) is 6.61. The highest BCUT2D eigenvalue weighted by Crippen LogP contribution is 2.20. The quantitative estimate of drug-likeness (QED) is 0.767. The molecule has 0 atom stereocenters. The van der Waals surface area contributed by atoms with Crippen LogP contribution in [0, 0.1) is 6.92 Å². The highest BCUT2D eigenvalue weighted by Gasteiger charge is 2.12. The molecule has 0 aliphatic rings. The summed E-state index contributed by atoms with van der Waals surface area (Å²) < 4.78 is 6.81. The number of halogens is 1. The van der Waals surface area contributed by atoms with Gasteiger partial charge in [0, 0.05) is 19.0 Å². The fourth-order valence-corrected chi connectivity index (χ4v) is 1.38. The third-order valence-electron chi connectivity index (χ3n) is 1.95. The molecule has 0 aromatic carbocycles. The van der Waals surface area contributed by atoms with Gasteiger partial charge in [-0.15, -0.1) is 0 Å². The SMILES string of the molecule is C=Cn1c(C(=C)Cl)nc(COC)c1C. The summed E-state index contributed by atoms with van der Waals surface area (Å²) in [5.74, 6) is 0.617. The van der Waals surface area contributed by atoms with Crippen molar-refractivity contribution in [3.8, 4) is 0 Å². The van der Waals surface area contributed by atoms with Crippen LogP contribution in [0.2, 0.25) is 0 Å². The lowest BCUT2D eigenvalue weighted by atomic mass is 10.3. The number of methoxy groups -OCH3 is 1. The predicted octanol–water partition coefficient (Wildman–Crippen LogP) is 2.65. The van der Waals surface area contributed by atoms with Gasteiger partial charge in [-0.2, -0.15) is 0 Å². The molecule has 1 aromatic rings. The van der Waals surface area contributed by atoms with Crippen LogP contribution in [-0.2, 0) is 11.3 Å². The van der Waals surface area contributed by atoms with E-state index in [0.717, 1.165) is 11.4 Å². The normalized spacial score (nSPS) is 10.2. The smallest absolute Gasteiger partial charge is 0.155 e. The van der Waals surface area contributed by atoms with E-state index in [9.17, 15) is 0 Å². The topological polar surface area (TPSA) is 27.1 Å². The lowest BCUT2D eigenvalue weighted by molar-refractivity contribution is 0.181. The first-order valence-electron chi connectivity index (χ1n) is 4.15. The summed E-state index contributed by atoms with van der Waals surface area (Å²) in [6.45, 7) is 9.73. The van der Waals surface area contributed by atoms with E-state index in [-0.39, 0.29) is 0 Å². The molecule has 0 fully saturated rings. The lowest BCUT2D eigenvalue weighted by Gasteiger charge is -2.01. The molecule has 14 heavy (non-hydrogen) atoms. The zero-order valence-corrected chi connectivity index (χ0v) is 9.14. The molecule has 0 aliphatic carbocycles. The first kappa shape index (κ1) is 11.0. The number of imidazole rings is 1. The van der Waals surface area contributed by atoms with Gasteiger partial charge in [0.15, 0.2) is 5.82 Å². The van der Waals surface area contributed by atoms with Gasteiger partial charge in [-0.1, -0.05) is 24.8 Å². The molecule has 1 aromatic heterocycles. The predicted molar refractivity (Wildman–Crippen MR) is 59.0 cm³/mol. The van der Waals surface area contributed by atoms with Crippen molar-refractivity contribution >= 4 is 22.8 Å². The van der Waals surface area contributed by atoms with Crippen LogP contribution in [0.15, 0.2) is 13.2 Å². The van der Waals surface area contributed by atoms with Gasteiger partial charge in [0.2, 0.25) is 0 Å². The average Bonchev–Trinajstić information content (AvgIpc) is 2.44. The van der Waals surface area contributed by atoms with Crippen molar-refractivity contribution in [1.82, 2.24) is 9.55 Å². The van der Waals surface area contributed by atoms with Crippen LogP contribution in [0.1, 0.15) is 17.2 Å². The highest BCUT2D eigenvalue weighted by molar-refractivity contribution is 6.47. The second-order valence-corrected chi connectivity index (χ2v) is 3.31. The van der Waals surface area contributed by atoms with Crippen LogP contribution in [0.5, 0.6) is 0 Å². The van der Waals surface area contributed by atoms with Gasteiger partial charge in [-0.05, 0) is 6.92 Å². The van der Waals surface area contributed by atoms with E-state index in [0.29, 0.717) is 17.5 Å². The average molecular weight is 213 g/mol. The number of hydrogen-bond acceptors (Lipinski definition) is 2. The van der Waals surface area contributed by atoms with Crippen molar-refractivity contribution in [2.24, 2.45) is 0 Å². The Hall–Kier alpha value is -1.06. The Morgan fingerprint density at radius 3 is 2.71 bits per heavy atom. The number of nitrogens with zero attached hydrogens (tertiary/aromatic N) is 2. The van der Waals surface area contributed by atoms with E-state index >= 15 is 0 Å². The fourth-order valence-electron chi connectivity index (χ4n) is 1.25. The van der Waals surface area contributed by atoms with Crippen molar-refractivity contribution < 1.29 is 4.74 Å². The Balaban J connectivity index is 3.24. The minimum Gasteiger partial charge on any atom is -0.378 e. The molecule has 0 N–H and O–H groups in total. The molecule has 0 saturated heterocycles. The van der Waals surface area contributed by atoms with Crippen molar-refractivity contribution in [2.75, 3.05) is 7.11 Å². The summed E-state index contributed by atoms with van der Waals surface area (Å²) in [4.78, 5) is 4.31. The Morgan fingerprint density at radius 1 is 1.71 bits per heavy atom. The van der Waals surface area contributed by atoms with Gasteiger partial charge in [-0.3, -0.25) is 0 Å². The summed E-state index contributed by atoms with van der Waals surface area (Å²) in [6, 6.07) is 0. The van der Waals surface area contributed by atoms with E-state index in [1.165, 1.54) is 0 Å². The largest absolute Gasteiger partial charge is 0.378 e. The summed E-state index contributed by atoms with van der Waals surface area (Å²) in [5.41, 5.74) is 1.82. The number of rotatable bonds is 4. The molecule has 0 radical (unpaired) electrons. The molecule has 1 heterocycles. The van der Waals surface area contributed by atoms with Crippen LogP contribution in [-0.4, -0.2) is 16.7 Å². The summed E-state index contributed by atoms with van der Waals surface area (Å²) in [6.07, 6.45) is 1.66. The minimum absolute atomic E-state index is 0.398. The molecule has 4 heteroatoms. The van der Waals surface area contributed by atoms with Crippen LogP contribution >= 0.6 is 11.6 Å². The maximum atomic E-state index is 5.81. The summed E-state index contributed by atoms with van der Waals surface area (Å²) in [7, 11) is 1.63. The molecule has 0 bridgehead atoms. The molecule has 0 unspecified atom stereocenters. The van der Waals surface area contributed by atoms with Crippen LogP contribution in [0.4, 0.5) is 0 Å². The second-order valence-electron chi connectivity index (χ2n) is 2.86. The van der Waals surface area contributed by atoms with Crippen LogP contribution < -0.4 is 0 Å². The Labute approximate surface area is 88.7 Å². The van der Waals surface area contributed by atoms with Crippen LogP contribution in [0.3, 0.4) is 0 Å². The monoisotopic (exact) mass is 212 g/mol. The fraction of sp³-hybridized carbons (Fsp3) is 0.300. The maximum absolute atomic E-state index is 5.81. The zero-order chi connectivity index (χ0) is 10.7. The van der Waals surface area contributed by atoms with E-state index in [1.807, 2.05) is 6.92 Å². The second kappa shape index (κ2) is 4.44. The first-order valence-corrected chi connectivity index (χ1v) is 4.53. The molecular weight excluding hydrogens is 200 g/mol. The number of hydrogen-bond donors (Lipinski definition) is 0. The van der Waals surface area contributed by atoms with Gasteiger partial charge in [-0.25, -0.2) is 4.98 Å². The standard InChI is InChI=1S/C10H13ClN2O/c1-5-13-8(3)9(6-14-4)12-10(13)7(2)11/h5H,1-2,6H2,3-4H3. The molecular formula is C10H13ClN2O. The summed E-state index contributed by atoms with van der Waals surface area (Å²) >= 11 is 5.81. The van der Waals surface area contributed by atoms with E-state index < -0.39 is 0 Å². The third-order valence-corrected chi connectivity index (χ3v) is 2.12. The molecule has 0 aliphatic heterocycles. The minimum atomic E-state index is 0.398. The van der Waals surface area contributed by atoms with Crippen molar-refractivity contribution in [3.63, 3.8) is 0 Å². The van der Waals surface area contributed by atoms with E-state index in [2.05, 4.69) is 18.1 Å². The van der Waals surface area contributed by atoms with Crippen molar-refractivity contribution in [1.29, 1.82) is 0 Å². The molecule has 1 rings (SSSR count). The van der Waals surface area contributed by atoms with Gasteiger partial charge >= 0.3 is 0 Å². The number of ether oxygens (including phenoxy) is 1. The molecule has 0 amide bonds. The van der Waals surface area contributed by atoms with Gasteiger partial charge in [0.05, 0.1) is 17.3 Å². The summed E-state index contributed by atoms with van der Waals surface area (Å²) in [5, 5.41) is 0.398. The van der Waals surface area contributed by atoms with Crippen molar-refractivity contribution in [2.45, 2.75) is 13.5 Å². The number of aromatic nitrogens is 2. The zero-order valence-electron chi connectivity index (χ0n) is 8.38. The molecule has 76 valence electrons. The van der Waals surface area contributed by atoms with E-state index in [4.69, 9.17) is 16.3 Å². The Kier molecular flexibility index (Phi) is 3.49.